The van der Waals surface area contributed by atoms with Crippen LogP contribution < -0.4 is 10.1 Å². The monoisotopic (exact) mass is 223 g/mol. The normalized spacial score (nSPS) is 24.1. The van der Waals surface area contributed by atoms with Crippen molar-refractivity contribution < 1.29 is 9.84 Å². The van der Waals surface area contributed by atoms with E-state index in [1.54, 1.807) is 0 Å². The highest BCUT2D eigenvalue weighted by molar-refractivity contribution is 7.80. The van der Waals surface area contributed by atoms with Gasteiger partial charge >= 0.3 is 0 Å². The van der Waals surface area contributed by atoms with E-state index in [9.17, 15) is 0 Å². The lowest BCUT2D eigenvalue weighted by Gasteiger charge is -2.32. The van der Waals surface area contributed by atoms with Gasteiger partial charge in [-0.2, -0.15) is 0 Å². The summed E-state index contributed by atoms with van der Waals surface area (Å²) in [7, 11) is 0. The van der Waals surface area contributed by atoms with Gasteiger partial charge in [-0.1, -0.05) is 18.2 Å². The van der Waals surface area contributed by atoms with Crippen molar-refractivity contribution in [1.29, 1.82) is 0 Å². The summed E-state index contributed by atoms with van der Waals surface area (Å²) in [6, 6.07) is 9.67. The number of ether oxygens (including phenoxy) is 1. The molecular formula is C11H13NO2S. The zero-order chi connectivity index (χ0) is 10.7. The van der Waals surface area contributed by atoms with Gasteiger partial charge in [0.1, 0.15) is 5.75 Å². The number of aliphatic hydroxyl groups is 1. The molecule has 1 aromatic carbocycles. The fourth-order valence-electron chi connectivity index (χ4n) is 1.50. The van der Waals surface area contributed by atoms with Crippen molar-refractivity contribution in [3.8, 4) is 5.75 Å². The lowest BCUT2D eigenvalue weighted by atomic mass is 9.90. The van der Waals surface area contributed by atoms with Crippen molar-refractivity contribution in [2.75, 3.05) is 0 Å². The first-order valence-corrected chi connectivity index (χ1v) is 5.36. The molecule has 0 spiro atoms. The van der Waals surface area contributed by atoms with E-state index in [-0.39, 0.29) is 12.1 Å². The summed E-state index contributed by atoms with van der Waals surface area (Å²) in [5.41, 5.74) is 0. The van der Waals surface area contributed by atoms with Crippen LogP contribution in [-0.4, -0.2) is 22.4 Å². The van der Waals surface area contributed by atoms with E-state index in [0.717, 1.165) is 18.6 Å². The fourth-order valence-corrected chi connectivity index (χ4v) is 1.76. The van der Waals surface area contributed by atoms with Gasteiger partial charge in [0.05, 0.1) is 6.10 Å². The maximum Gasteiger partial charge on any atom is 0.262 e. The Kier molecular flexibility index (Phi) is 3.18. The first-order chi connectivity index (χ1) is 7.24. The zero-order valence-electron chi connectivity index (χ0n) is 8.22. The lowest BCUT2D eigenvalue weighted by Crippen LogP contribution is -2.47. The molecule has 1 aliphatic rings. The summed E-state index contributed by atoms with van der Waals surface area (Å²) in [4.78, 5) is 0. The molecule has 2 rings (SSSR count). The number of rotatable bonds is 2. The molecular weight excluding hydrogens is 210 g/mol. The second-order valence-corrected chi connectivity index (χ2v) is 4.04. The van der Waals surface area contributed by atoms with Crippen LogP contribution in [0.1, 0.15) is 12.8 Å². The number of para-hydroxylation sites is 1. The smallest absolute Gasteiger partial charge is 0.262 e. The van der Waals surface area contributed by atoms with E-state index in [2.05, 4.69) is 5.32 Å². The Labute approximate surface area is 94.1 Å². The number of thiocarbonyl (C=S) groups is 1. The van der Waals surface area contributed by atoms with Crippen LogP contribution in [0.4, 0.5) is 0 Å². The number of aliphatic hydroxyl groups excluding tert-OH is 1. The van der Waals surface area contributed by atoms with Crippen molar-refractivity contribution in [2.45, 2.75) is 25.0 Å². The van der Waals surface area contributed by atoms with Gasteiger partial charge in [0, 0.05) is 6.04 Å². The Balaban J connectivity index is 1.78. The van der Waals surface area contributed by atoms with Crippen LogP contribution in [0.3, 0.4) is 0 Å². The average Bonchev–Trinajstić information content (AvgIpc) is 2.17. The van der Waals surface area contributed by atoms with E-state index in [0.29, 0.717) is 5.17 Å². The third kappa shape index (κ3) is 2.91. The van der Waals surface area contributed by atoms with Crippen LogP contribution in [0.25, 0.3) is 0 Å². The van der Waals surface area contributed by atoms with Crippen LogP contribution in [-0.2, 0) is 0 Å². The molecule has 0 unspecified atom stereocenters. The minimum absolute atomic E-state index is 0.179. The number of benzene rings is 1. The average molecular weight is 223 g/mol. The van der Waals surface area contributed by atoms with Crippen molar-refractivity contribution in [3.63, 3.8) is 0 Å². The molecule has 0 saturated heterocycles. The summed E-state index contributed by atoms with van der Waals surface area (Å²) in [6.45, 7) is 0. The summed E-state index contributed by atoms with van der Waals surface area (Å²) < 4.78 is 5.39. The van der Waals surface area contributed by atoms with Crippen LogP contribution in [0.5, 0.6) is 5.75 Å². The molecule has 15 heavy (non-hydrogen) atoms. The first-order valence-electron chi connectivity index (χ1n) is 4.95. The maximum atomic E-state index is 9.10. The molecule has 2 N–H and O–H groups in total. The molecule has 3 nitrogen and oxygen atoms in total. The van der Waals surface area contributed by atoms with E-state index in [1.165, 1.54) is 0 Å². The van der Waals surface area contributed by atoms with E-state index >= 15 is 0 Å². The van der Waals surface area contributed by atoms with E-state index in [1.807, 2.05) is 30.3 Å². The SMILES string of the molecule is OC1CC(NC(=S)Oc2ccccc2)C1. The van der Waals surface area contributed by atoms with Gasteiger partial charge in [-0.3, -0.25) is 0 Å². The van der Waals surface area contributed by atoms with Gasteiger partial charge in [-0.25, -0.2) is 0 Å². The number of hydrogen-bond donors (Lipinski definition) is 2. The summed E-state index contributed by atoms with van der Waals surface area (Å²) in [5.74, 6) is 0.731. The Morgan fingerprint density at radius 1 is 1.33 bits per heavy atom. The van der Waals surface area contributed by atoms with Gasteiger partial charge in [0.25, 0.3) is 5.17 Å². The molecule has 0 aliphatic heterocycles. The van der Waals surface area contributed by atoms with Crippen molar-refractivity contribution in [1.82, 2.24) is 5.32 Å². The van der Waals surface area contributed by atoms with E-state index < -0.39 is 0 Å². The van der Waals surface area contributed by atoms with Crippen molar-refractivity contribution in [3.05, 3.63) is 30.3 Å². The van der Waals surface area contributed by atoms with Gasteiger partial charge in [-0.15, -0.1) is 0 Å². The second kappa shape index (κ2) is 4.59. The predicted octanol–water partition coefficient (Wildman–Crippen LogP) is 1.46. The van der Waals surface area contributed by atoms with Crippen LogP contribution >= 0.6 is 12.2 Å². The third-order valence-corrected chi connectivity index (χ3v) is 2.59. The van der Waals surface area contributed by atoms with Crippen LogP contribution in [0, 0.1) is 0 Å². The highest BCUT2D eigenvalue weighted by Crippen LogP contribution is 2.19. The topological polar surface area (TPSA) is 41.5 Å². The molecule has 0 radical (unpaired) electrons. The molecule has 0 atom stereocenters. The second-order valence-electron chi connectivity index (χ2n) is 3.67. The first kappa shape index (κ1) is 10.4. The quantitative estimate of drug-likeness (QED) is 0.745. The van der Waals surface area contributed by atoms with Gasteiger partial charge in [0.15, 0.2) is 0 Å². The Bertz CT molecular complexity index is 336. The Morgan fingerprint density at radius 2 is 2.00 bits per heavy atom. The fraction of sp³-hybridized carbons (Fsp3) is 0.364. The zero-order valence-corrected chi connectivity index (χ0v) is 9.04. The van der Waals surface area contributed by atoms with Gasteiger partial charge in [0.2, 0.25) is 0 Å². The standard InChI is InChI=1S/C11H13NO2S/c13-9-6-8(7-9)12-11(15)14-10-4-2-1-3-5-10/h1-5,8-9,13H,6-7H2,(H,12,15). The molecule has 4 heteroatoms. The predicted molar refractivity (Wildman–Crippen MR) is 61.8 cm³/mol. The number of hydrogen-bond acceptors (Lipinski definition) is 3. The highest BCUT2D eigenvalue weighted by Gasteiger charge is 2.27. The largest absolute Gasteiger partial charge is 0.432 e. The van der Waals surface area contributed by atoms with Gasteiger partial charge < -0.3 is 15.2 Å². The van der Waals surface area contributed by atoms with E-state index in [4.69, 9.17) is 22.1 Å². The molecule has 1 fully saturated rings. The van der Waals surface area contributed by atoms with Crippen LogP contribution in [0.2, 0.25) is 0 Å². The van der Waals surface area contributed by atoms with Crippen molar-refractivity contribution in [2.24, 2.45) is 0 Å². The molecule has 1 aromatic rings. The minimum atomic E-state index is -0.179. The molecule has 0 heterocycles. The number of nitrogens with one attached hydrogen (secondary N) is 1. The third-order valence-electron chi connectivity index (χ3n) is 2.39. The maximum absolute atomic E-state index is 9.10. The molecule has 80 valence electrons. The Morgan fingerprint density at radius 3 is 2.60 bits per heavy atom. The lowest BCUT2D eigenvalue weighted by molar-refractivity contribution is 0.0687. The van der Waals surface area contributed by atoms with Crippen molar-refractivity contribution >= 4 is 17.4 Å². The molecule has 0 bridgehead atoms. The molecule has 0 amide bonds. The summed E-state index contributed by atoms with van der Waals surface area (Å²) >= 11 is 5.04. The van der Waals surface area contributed by atoms with Gasteiger partial charge in [-0.05, 0) is 37.2 Å². The Hall–Kier alpha value is -1.13. The van der Waals surface area contributed by atoms with Crippen LogP contribution in [0.15, 0.2) is 30.3 Å². The minimum Gasteiger partial charge on any atom is -0.432 e. The molecule has 1 saturated carbocycles. The summed E-state index contributed by atoms with van der Waals surface area (Å²) in [6.07, 6.45) is 1.32. The highest BCUT2D eigenvalue weighted by atomic mass is 32.1. The molecule has 1 aliphatic carbocycles. The molecule has 0 aromatic heterocycles. The summed E-state index contributed by atoms with van der Waals surface area (Å²) in [5, 5.41) is 12.5.